The summed E-state index contributed by atoms with van der Waals surface area (Å²) in [7, 11) is -4.25. The first-order valence-electron chi connectivity index (χ1n) is 13.0. The van der Waals surface area contributed by atoms with Gasteiger partial charge < -0.3 is 14.4 Å². The number of ether oxygens (including phenoxy) is 2. The number of rotatable bonds is 23. The van der Waals surface area contributed by atoms with Gasteiger partial charge in [0.25, 0.3) is 0 Å². The van der Waals surface area contributed by atoms with Crippen LogP contribution in [0.2, 0.25) is 0 Å². The van der Waals surface area contributed by atoms with Crippen molar-refractivity contribution in [2.75, 3.05) is 19.8 Å². The van der Waals surface area contributed by atoms with Crippen molar-refractivity contribution in [2.45, 2.75) is 117 Å². The van der Waals surface area contributed by atoms with Gasteiger partial charge in [0.2, 0.25) is 0 Å². The predicted molar refractivity (Wildman–Crippen MR) is 133 cm³/mol. The number of phosphoric ester groups is 1. The van der Waals surface area contributed by atoms with Crippen molar-refractivity contribution in [1.29, 1.82) is 0 Å². The van der Waals surface area contributed by atoms with Crippen molar-refractivity contribution in [3.05, 3.63) is 12.2 Å². The summed E-state index contributed by atoms with van der Waals surface area (Å²) in [6.07, 6.45) is 16.1. The van der Waals surface area contributed by atoms with Crippen molar-refractivity contribution < 1.29 is 37.6 Å². The van der Waals surface area contributed by atoms with E-state index in [0.717, 1.165) is 70.6 Å². The Morgan fingerprint density at radius 2 is 1.41 bits per heavy atom. The van der Waals surface area contributed by atoms with Crippen LogP contribution in [0.15, 0.2) is 12.2 Å². The Bertz CT molecular complexity index is 593. The molecule has 200 valence electrons. The normalized spacial score (nSPS) is 14.1. The van der Waals surface area contributed by atoms with Gasteiger partial charge in [0.1, 0.15) is 6.61 Å². The average molecular weight is 507 g/mol. The van der Waals surface area contributed by atoms with E-state index in [9.17, 15) is 19.0 Å². The Morgan fingerprint density at radius 3 is 2.06 bits per heavy atom. The molecule has 0 bridgehead atoms. The highest BCUT2D eigenvalue weighted by molar-refractivity contribution is 7.47. The lowest BCUT2D eigenvalue weighted by Gasteiger charge is -2.19. The van der Waals surface area contributed by atoms with E-state index in [1.165, 1.54) is 0 Å². The van der Waals surface area contributed by atoms with Crippen molar-refractivity contribution in [3.63, 3.8) is 0 Å². The van der Waals surface area contributed by atoms with Gasteiger partial charge in [0.15, 0.2) is 6.10 Å². The third-order valence-electron chi connectivity index (χ3n) is 5.08. The average Bonchev–Trinajstić information content (AvgIpc) is 2.79. The monoisotopic (exact) mass is 506 g/mol. The summed E-state index contributed by atoms with van der Waals surface area (Å²) in [5.41, 5.74) is 0. The zero-order valence-corrected chi connectivity index (χ0v) is 22.4. The minimum atomic E-state index is -4.25. The molecule has 0 aromatic carbocycles. The molecule has 0 amide bonds. The third kappa shape index (κ3) is 21.3. The highest BCUT2D eigenvalue weighted by Crippen LogP contribution is 2.43. The summed E-state index contributed by atoms with van der Waals surface area (Å²) >= 11 is 0. The van der Waals surface area contributed by atoms with Crippen LogP contribution >= 0.6 is 7.82 Å². The second-order valence-corrected chi connectivity index (χ2v) is 9.78. The van der Waals surface area contributed by atoms with E-state index in [0.29, 0.717) is 6.42 Å². The fourth-order valence-corrected chi connectivity index (χ4v) is 3.97. The van der Waals surface area contributed by atoms with Crippen LogP contribution in [-0.4, -0.2) is 42.8 Å². The standard InChI is InChI=1S/C25H47O8P/c1-4-7-9-11-12-13-14-16-18-20-25(27)33-23(22-32-34(28,29)31-6-3)21-30-24(26)19-17-15-10-8-5-2/h7,9,23H,4-6,8,10-22H2,1-3H3,(H,28,29)/b9-7-/t23-/m1/s1. The van der Waals surface area contributed by atoms with E-state index in [1.54, 1.807) is 6.92 Å². The largest absolute Gasteiger partial charge is 0.472 e. The van der Waals surface area contributed by atoms with Crippen LogP contribution in [0.25, 0.3) is 0 Å². The topological polar surface area (TPSA) is 108 Å². The van der Waals surface area contributed by atoms with E-state index in [2.05, 4.69) is 30.5 Å². The molecule has 0 radical (unpaired) electrons. The summed E-state index contributed by atoms with van der Waals surface area (Å²) < 4.78 is 31.9. The van der Waals surface area contributed by atoms with Crippen LogP contribution in [0.1, 0.15) is 111 Å². The zero-order chi connectivity index (χ0) is 25.5. The van der Waals surface area contributed by atoms with Crippen molar-refractivity contribution in [3.8, 4) is 0 Å². The maximum atomic E-state index is 12.2. The zero-order valence-electron chi connectivity index (χ0n) is 21.5. The molecule has 34 heavy (non-hydrogen) atoms. The lowest BCUT2D eigenvalue weighted by atomic mass is 10.1. The molecule has 1 N–H and O–H groups in total. The summed E-state index contributed by atoms with van der Waals surface area (Å²) in [5, 5.41) is 0. The number of allylic oxidation sites excluding steroid dienone is 2. The highest BCUT2D eigenvalue weighted by Gasteiger charge is 2.25. The molecule has 0 spiro atoms. The Balaban J connectivity index is 4.36. The predicted octanol–water partition coefficient (Wildman–Crippen LogP) is 6.65. The van der Waals surface area contributed by atoms with Gasteiger partial charge in [0, 0.05) is 12.8 Å². The molecule has 0 aromatic heterocycles. The van der Waals surface area contributed by atoms with E-state index in [-0.39, 0.29) is 32.0 Å². The number of carbonyl (C=O) groups excluding carboxylic acids is 2. The molecule has 0 rings (SSSR count). The lowest BCUT2D eigenvalue weighted by Crippen LogP contribution is -2.29. The number of unbranched alkanes of at least 4 members (excludes halogenated alkanes) is 9. The molecule has 9 heteroatoms. The van der Waals surface area contributed by atoms with Crippen LogP contribution in [0.3, 0.4) is 0 Å². The summed E-state index contributed by atoms with van der Waals surface area (Å²) in [6, 6.07) is 0. The molecule has 0 aliphatic heterocycles. The van der Waals surface area contributed by atoms with Gasteiger partial charge in [-0.3, -0.25) is 18.6 Å². The quantitative estimate of drug-likeness (QED) is 0.0710. The lowest BCUT2D eigenvalue weighted by molar-refractivity contribution is -0.161. The molecular formula is C25H47O8P. The van der Waals surface area contributed by atoms with Crippen LogP contribution in [0.4, 0.5) is 0 Å². The van der Waals surface area contributed by atoms with Gasteiger partial charge in [-0.15, -0.1) is 0 Å². The molecule has 0 aliphatic rings. The van der Waals surface area contributed by atoms with E-state index in [1.807, 2.05) is 0 Å². The van der Waals surface area contributed by atoms with Crippen molar-refractivity contribution >= 4 is 19.8 Å². The van der Waals surface area contributed by atoms with Crippen LogP contribution in [-0.2, 0) is 32.7 Å². The van der Waals surface area contributed by atoms with Crippen molar-refractivity contribution in [2.24, 2.45) is 0 Å². The molecule has 1 unspecified atom stereocenters. The van der Waals surface area contributed by atoms with E-state index < -0.39 is 26.5 Å². The van der Waals surface area contributed by atoms with Gasteiger partial charge in [0.05, 0.1) is 13.2 Å². The molecule has 0 saturated heterocycles. The minimum Gasteiger partial charge on any atom is -0.462 e. The van der Waals surface area contributed by atoms with Crippen molar-refractivity contribution in [1.82, 2.24) is 0 Å². The summed E-state index contributed by atoms with van der Waals surface area (Å²) in [6.45, 7) is 5.19. The number of phosphoric acid groups is 1. The van der Waals surface area contributed by atoms with Crippen LogP contribution < -0.4 is 0 Å². The molecule has 0 aliphatic carbocycles. The Labute approximate surface area is 206 Å². The Hall–Kier alpha value is -1.21. The number of hydrogen-bond acceptors (Lipinski definition) is 7. The SMILES string of the molecule is CC/C=C\CCCCCCCC(=O)O[C@H](COC(=O)CCCCCCC)COP(=O)(O)OCC. The molecule has 0 heterocycles. The number of hydrogen-bond donors (Lipinski definition) is 1. The van der Waals surface area contributed by atoms with Gasteiger partial charge in [-0.25, -0.2) is 4.57 Å². The molecular weight excluding hydrogens is 459 g/mol. The first kappa shape index (κ1) is 32.8. The van der Waals surface area contributed by atoms with Gasteiger partial charge in [-0.1, -0.05) is 70.9 Å². The molecule has 0 fully saturated rings. The third-order valence-corrected chi connectivity index (χ3v) is 6.14. The molecule has 8 nitrogen and oxygen atoms in total. The van der Waals surface area contributed by atoms with Crippen LogP contribution in [0, 0.1) is 0 Å². The van der Waals surface area contributed by atoms with Crippen LogP contribution in [0.5, 0.6) is 0 Å². The molecule has 0 saturated carbocycles. The Morgan fingerprint density at radius 1 is 0.794 bits per heavy atom. The fraction of sp³-hybridized carbons (Fsp3) is 0.840. The maximum absolute atomic E-state index is 12.2. The first-order chi connectivity index (χ1) is 16.3. The van der Waals surface area contributed by atoms with Gasteiger partial charge >= 0.3 is 19.8 Å². The van der Waals surface area contributed by atoms with E-state index in [4.69, 9.17) is 14.0 Å². The number of carbonyl (C=O) groups is 2. The summed E-state index contributed by atoms with van der Waals surface area (Å²) in [4.78, 5) is 33.8. The van der Waals surface area contributed by atoms with Gasteiger partial charge in [-0.05, 0) is 39.0 Å². The van der Waals surface area contributed by atoms with E-state index >= 15 is 0 Å². The molecule has 0 aromatic rings. The molecule has 2 atom stereocenters. The number of esters is 2. The fourth-order valence-electron chi connectivity index (χ4n) is 3.22. The summed E-state index contributed by atoms with van der Waals surface area (Å²) in [5.74, 6) is -0.831. The second kappa shape index (κ2) is 22.3. The minimum absolute atomic E-state index is 0.000139. The Kier molecular flexibility index (Phi) is 21.5. The van der Waals surface area contributed by atoms with Gasteiger partial charge in [-0.2, -0.15) is 0 Å². The highest BCUT2D eigenvalue weighted by atomic mass is 31.2. The smallest absolute Gasteiger partial charge is 0.462 e. The second-order valence-electron chi connectivity index (χ2n) is 8.33. The maximum Gasteiger partial charge on any atom is 0.472 e. The first-order valence-corrected chi connectivity index (χ1v) is 14.5.